The van der Waals surface area contributed by atoms with Crippen molar-refractivity contribution in [2.45, 2.75) is 12.0 Å². The van der Waals surface area contributed by atoms with Crippen LogP contribution in [0, 0.1) is 0 Å². The second-order valence-electron chi connectivity index (χ2n) is 2.85. The van der Waals surface area contributed by atoms with Crippen LogP contribution < -0.4 is 0 Å². The summed E-state index contributed by atoms with van der Waals surface area (Å²) in [5, 5.41) is 9.97. The lowest BCUT2D eigenvalue weighted by Gasteiger charge is -2.18. The third kappa shape index (κ3) is 1.19. The van der Waals surface area contributed by atoms with Crippen LogP contribution in [0.3, 0.4) is 0 Å². The monoisotopic (exact) mass is 170 g/mol. The molecule has 2 nitrogen and oxygen atoms in total. The molecule has 3 heteroatoms. The van der Waals surface area contributed by atoms with Crippen LogP contribution in [0.2, 0.25) is 0 Å². The van der Waals surface area contributed by atoms with Gasteiger partial charge < -0.3 is 9.52 Å². The van der Waals surface area contributed by atoms with Crippen molar-refractivity contribution in [1.29, 1.82) is 0 Å². The molecule has 1 aromatic rings. The Balaban J connectivity index is 2.27. The van der Waals surface area contributed by atoms with Gasteiger partial charge in [-0.3, -0.25) is 0 Å². The molecular formula is C8H10O2S. The number of hydrogen-bond donors (Lipinski definition) is 1. The van der Waals surface area contributed by atoms with Gasteiger partial charge in [-0.1, -0.05) is 0 Å². The van der Waals surface area contributed by atoms with Gasteiger partial charge in [0.15, 0.2) is 0 Å². The Morgan fingerprint density at radius 3 is 3.09 bits per heavy atom. The van der Waals surface area contributed by atoms with E-state index in [0.29, 0.717) is 0 Å². The molecule has 1 saturated heterocycles. The molecular weight excluding hydrogens is 160 g/mol. The molecule has 11 heavy (non-hydrogen) atoms. The minimum absolute atomic E-state index is 0.613. The van der Waals surface area contributed by atoms with E-state index in [1.54, 1.807) is 24.3 Å². The maximum absolute atomic E-state index is 9.97. The summed E-state index contributed by atoms with van der Waals surface area (Å²) in [6, 6.07) is 1.84. The van der Waals surface area contributed by atoms with Gasteiger partial charge in [-0.05, 0) is 18.2 Å². The Morgan fingerprint density at radius 2 is 2.55 bits per heavy atom. The van der Waals surface area contributed by atoms with E-state index in [1.807, 2.05) is 6.07 Å². The van der Waals surface area contributed by atoms with Crippen LogP contribution in [0.4, 0.5) is 0 Å². The lowest BCUT2D eigenvalue weighted by atomic mass is 9.96. The quantitative estimate of drug-likeness (QED) is 0.695. The minimum Gasteiger partial charge on any atom is -0.472 e. The fraction of sp³-hybridized carbons (Fsp3) is 0.500. The number of aliphatic hydroxyl groups is 1. The summed E-state index contributed by atoms with van der Waals surface area (Å²) < 4.78 is 4.92. The molecule has 0 bridgehead atoms. The normalized spacial score (nSPS) is 31.0. The summed E-state index contributed by atoms with van der Waals surface area (Å²) in [5.41, 5.74) is 0.306. The van der Waals surface area contributed by atoms with Gasteiger partial charge in [0, 0.05) is 11.3 Å². The molecule has 2 rings (SSSR count). The molecule has 1 N–H and O–H groups in total. The maximum Gasteiger partial charge on any atom is 0.102 e. The first kappa shape index (κ1) is 7.25. The average molecular weight is 170 g/mol. The number of thioether (sulfide) groups is 1. The summed E-state index contributed by atoms with van der Waals surface area (Å²) in [4.78, 5) is 0. The maximum atomic E-state index is 9.97. The molecule has 0 radical (unpaired) electrons. The molecule has 1 aliphatic rings. The first-order chi connectivity index (χ1) is 5.31. The van der Waals surface area contributed by atoms with E-state index in [4.69, 9.17) is 4.42 Å². The minimum atomic E-state index is -0.613. The van der Waals surface area contributed by atoms with E-state index in [2.05, 4.69) is 0 Å². The van der Waals surface area contributed by atoms with Gasteiger partial charge in [0.1, 0.15) is 5.60 Å². The predicted octanol–water partition coefficient (Wildman–Crippen LogP) is 1.60. The fourth-order valence-electron chi connectivity index (χ4n) is 1.31. The number of hydrogen-bond acceptors (Lipinski definition) is 3. The van der Waals surface area contributed by atoms with E-state index < -0.39 is 5.60 Å². The van der Waals surface area contributed by atoms with E-state index in [9.17, 15) is 5.11 Å². The van der Waals surface area contributed by atoms with Gasteiger partial charge in [-0.25, -0.2) is 0 Å². The Hall–Kier alpha value is -0.410. The molecule has 60 valence electrons. The molecule has 1 atom stereocenters. The number of furan rings is 1. The Kier molecular flexibility index (Phi) is 1.69. The van der Waals surface area contributed by atoms with Gasteiger partial charge in [0.05, 0.1) is 12.5 Å². The molecule has 0 saturated carbocycles. The molecule has 2 heterocycles. The zero-order valence-corrected chi connectivity index (χ0v) is 6.93. The van der Waals surface area contributed by atoms with Crippen LogP contribution >= 0.6 is 11.8 Å². The second-order valence-corrected chi connectivity index (χ2v) is 3.95. The van der Waals surface area contributed by atoms with Crippen LogP contribution in [0.25, 0.3) is 0 Å². The highest BCUT2D eigenvalue weighted by Crippen LogP contribution is 2.36. The zero-order valence-electron chi connectivity index (χ0n) is 6.12. The summed E-state index contributed by atoms with van der Waals surface area (Å²) >= 11 is 1.79. The predicted molar refractivity (Wildman–Crippen MR) is 44.5 cm³/mol. The van der Waals surface area contributed by atoms with Crippen molar-refractivity contribution in [2.24, 2.45) is 0 Å². The van der Waals surface area contributed by atoms with Gasteiger partial charge >= 0.3 is 0 Å². The van der Waals surface area contributed by atoms with Crippen molar-refractivity contribution in [2.75, 3.05) is 11.5 Å². The smallest absolute Gasteiger partial charge is 0.102 e. The Labute approximate surface area is 69.6 Å². The van der Waals surface area contributed by atoms with E-state index in [-0.39, 0.29) is 0 Å². The van der Waals surface area contributed by atoms with Crippen LogP contribution in [0.5, 0.6) is 0 Å². The standard InChI is InChI=1S/C8H10O2S/c9-8(2-4-11-6-8)7-1-3-10-5-7/h1,3,5,9H,2,4,6H2. The fourth-order valence-corrected chi connectivity index (χ4v) is 2.59. The number of rotatable bonds is 1. The molecule has 0 spiro atoms. The van der Waals surface area contributed by atoms with Gasteiger partial charge in [0.2, 0.25) is 0 Å². The van der Waals surface area contributed by atoms with Crippen LogP contribution in [0.15, 0.2) is 23.0 Å². The first-order valence-electron chi connectivity index (χ1n) is 3.64. The molecule has 0 aromatic carbocycles. The third-order valence-corrected chi connectivity index (χ3v) is 3.23. The third-order valence-electron chi connectivity index (χ3n) is 2.06. The van der Waals surface area contributed by atoms with Crippen molar-refractivity contribution < 1.29 is 9.52 Å². The topological polar surface area (TPSA) is 33.4 Å². The molecule has 1 aromatic heterocycles. The van der Waals surface area contributed by atoms with Crippen molar-refractivity contribution >= 4 is 11.8 Å². The highest BCUT2D eigenvalue weighted by Gasteiger charge is 2.34. The lowest BCUT2D eigenvalue weighted by Crippen LogP contribution is -2.23. The molecule has 0 aliphatic carbocycles. The Morgan fingerprint density at radius 1 is 1.64 bits per heavy atom. The summed E-state index contributed by atoms with van der Waals surface area (Å²) in [5.74, 6) is 1.84. The van der Waals surface area contributed by atoms with Crippen molar-refractivity contribution in [3.63, 3.8) is 0 Å². The van der Waals surface area contributed by atoms with Crippen LogP contribution in [-0.2, 0) is 5.60 Å². The highest BCUT2D eigenvalue weighted by atomic mass is 32.2. The molecule has 1 fully saturated rings. The Bertz CT molecular complexity index is 224. The second kappa shape index (κ2) is 2.57. The molecule has 0 amide bonds. The van der Waals surface area contributed by atoms with E-state index in [1.165, 1.54) is 0 Å². The molecule has 1 unspecified atom stereocenters. The van der Waals surface area contributed by atoms with Crippen molar-refractivity contribution in [3.05, 3.63) is 24.2 Å². The van der Waals surface area contributed by atoms with E-state index in [0.717, 1.165) is 23.5 Å². The average Bonchev–Trinajstić information content (AvgIpc) is 2.55. The highest BCUT2D eigenvalue weighted by molar-refractivity contribution is 7.99. The van der Waals surface area contributed by atoms with E-state index >= 15 is 0 Å². The van der Waals surface area contributed by atoms with Crippen molar-refractivity contribution in [3.8, 4) is 0 Å². The van der Waals surface area contributed by atoms with Crippen LogP contribution in [-0.4, -0.2) is 16.6 Å². The SMILES string of the molecule is OC1(c2ccoc2)CCSC1. The van der Waals surface area contributed by atoms with Gasteiger partial charge in [-0.2, -0.15) is 11.8 Å². The van der Waals surface area contributed by atoms with Gasteiger partial charge in [-0.15, -0.1) is 0 Å². The van der Waals surface area contributed by atoms with Crippen molar-refractivity contribution in [1.82, 2.24) is 0 Å². The van der Waals surface area contributed by atoms with Crippen LogP contribution in [0.1, 0.15) is 12.0 Å². The first-order valence-corrected chi connectivity index (χ1v) is 4.79. The zero-order chi connectivity index (χ0) is 7.73. The van der Waals surface area contributed by atoms with Gasteiger partial charge in [0.25, 0.3) is 0 Å². The lowest BCUT2D eigenvalue weighted by molar-refractivity contribution is 0.0651. The summed E-state index contributed by atoms with van der Waals surface area (Å²) in [6.07, 6.45) is 4.08. The molecule has 1 aliphatic heterocycles. The summed E-state index contributed by atoms with van der Waals surface area (Å²) in [6.45, 7) is 0. The largest absolute Gasteiger partial charge is 0.472 e. The summed E-state index contributed by atoms with van der Waals surface area (Å²) in [7, 11) is 0.